The molecule has 0 saturated heterocycles. The van der Waals surface area contributed by atoms with Gasteiger partial charge in [0.05, 0.1) is 11.9 Å². The molecule has 1 aliphatic heterocycles. The van der Waals surface area contributed by atoms with Crippen LogP contribution in [0.3, 0.4) is 0 Å². The third-order valence-corrected chi connectivity index (χ3v) is 6.10. The van der Waals surface area contributed by atoms with Crippen LogP contribution in [0, 0.1) is 6.92 Å². The number of para-hydroxylation sites is 1. The van der Waals surface area contributed by atoms with Crippen LogP contribution in [0.2, 0.25) is 0 Å². The third kappa shape index (κ3) is 4.48. The molecule has 0 saturated carbocycles. The Bertz CT molecular complexity index is 1020. The van der Waals surface area contributed by atoms with Crippen LogP contribution in [0.5, 0.6) is 11.5 Å². The van der Waals surface area contributed by atoms with Crippen molar-refractivity contribution < 1.29 is 22.7 Å². The zero-order chi connectivity index (χ0) is 21.2. The van der Waals surface area contributed by atoms with E-state index in [4.69, 9.17) is 9.47 Å². The number of hydrogen-bond acceptors (Lipinski definition) is 5. The summed E-state index contributed by atoms with van der Waals surface area (Å²) in [7, 11) is -3.73. The van der Waals surface area contributed by atoms with Crippen molar-refractivity contribution in [3.05, 3.63) is 47.5 Å². The molecule has 7 nitrogen and oxygen atoms in total. The molecule has 1 heterocycles. The molecular weight excluding hydrogens is 392 g/mol. The number of fused-ring (bicyclic) bond motifs is 1. The van der Waals surface area contributed by atoms with E-state index in [1.54, 1.807) is 25.1 Å². The van der Waals surface area contributed by atoms with Crippen molar-refractivity contribution in [2.75, 3.05) is 29.1 Å². The molecular formula is C21H26N2O5S. The molecule has 1 amide bonds. The van der Waals surface area contributed by atoms with E-state index in [1.165, 1.54) is 0 Å². The first-order chi connectivity index (χ1) is 13.7. The largest absolute Gasteiger partial charge is 0.486 e. The number of nitrogens with zero attached hydrogens (tertiary/aromatic N) is 1. The molecule has 1 atom stereocenters. The van der Waals surface area contributed by atoms with Gasteiger partial charge < -0.3 is 14.8 Å². The van der Waals surface area contributed by atoms with Crippen LogP contribution < -0.4 is 19.1 Å². The summed E-state index contributed by atoms with van der Waals surface area (Å²) in [6.45, 7) is 6.31. The highest BCUT2D eigenvalue weighted by atomic mass is 32.2. The number of anilines is 2. The molecule has 1 unspecified atom stereocenters. The molecule has 1 N–H and O–H groups in total. The molecule has 3 rings (SSSR count). The summed E-state index contributed by atoms with van der Waals surface area (Å²) in [6, 6.07) is 9.69. The predicted octanol–water partition coefficient (Wildman–Crippen LogP) is 3.12. The Morgan fingerprint density at radius 3 is 2.52 bits per heavy atom. The molecule has 2 aromatic carbocycles. The average Bonchev–Trinajstić information content (AvgIpc) is 2.68. The summed E-state index contributed by atoms with van der Waals surface area (Å²) < 4.78 is 37.3. The third-order valence-electron chi connectivity index (χ3n) is 4.86. The van der Waals surface area contributed by atoms with Crippen LogP contribution >= 0.6 is 0 Å². The van der Waals surface area contributed by atoms with E-state index in [9.17, 15) is 13.2 Å². The standard InChI is InChI=1S/C21H26N2O5S/c1-5-16-8-6-7-14(2)20(16)22-21(24)15(3)23(29(4,25)26)17-9-10-18-19(13-17)28-12-11-27-18/h6-10,13,15H,5,11-12H2,1-4H3,(H,22,24). The Kier molecular flexibility index (Phi) is 6.02. The zero-order valence-electron chi connectivity index (χ0n) is 17.1. The second-order valence-electron chi connectivity index (χ2n) is 7.01. The van der Waals surface area contributed by atoms with E-state index in [-0.39, 0.29) is 0 Å². The van der Waals surface area contributed by atoms with Gasteiger partial charge in [0.15, 0.2) is 11.5 Å². The number of aryl methyl sites for hydroxylation is 2. The number of sulfonamides is 1. The zero-order valence-corrected chi connectivity index (χ0v) is 17.9. The summed E-state index contributed by atoms with van der Waals surface area (Å²) in [5.74, 6) is 0.606. The van der Waals surface area contributed by atoms with E-state index in [0.29, 0.717) is 30.4 Å². The van der Waals surface area contributed by atoms with Gasteiger partial charge in [0.1, 0.15) is 19.3 Å². The lowest BCUT2D eigenvalue weighted by molar-refractivity contribution is -0.116. The summed E-state index contributed by atoms with van der Waals surface area (Å²) in [6.07, 6.45) is 1.84. The Morgan fingerprint density at radius 2 is 1.86 bits per heavy atom. The number of nitrogens with one attached hydrogen (secondary N) is 1. The smallest absolute Gasteiger partial charge is 0.248 e. The second-order valence-corrected chi connectivity index (χ2v) is 8.87. The summed E-state index contributed by atoms with van der Waals surface area (Å²) in [4.78, 5) is 13.0. The van der Waals surface area contributed by atoms with Crippen molar-refractivity contribution in [1.82, 2.24) is 0 Å². The Labute approximate surface area is 171 Å². The minimum atomic E-state index is -3.73. The van der Waals surface area contributed by atoms with E-state index in [0.717, 1.165) is 33.8 Å². The van der Waals surface area contributed by atoms with Gasteiger partial charge in [0, 0.05) is 11.8 Å². The van der Waals surface area contributed by atoms with E-state index in [1.807, 2.05) is 32.0 Å². The topological polar surface area (TPSA) is 84.9 Å². The fourth-order valence-corrected chi connectivity index (χ4v) is 4.57. The van der Waals surface area contributed by atoms with Gasteiger partial charge in [-0.25, -0.2) is 8.42 Å². The number of carbonyl (C=O) groups excluding carboxylic acids is 1. The van der Waals surface area contributed by atoms with Crippen molar-refractivity contribution in [3.8, 4) is 11.5 Å². The molecule has 0 aromatic heterocycles. The van der Waals surface area contributed by atoms with Crippen molar-refractivity contribution in [3.63, 3.8) is 0 Å². The van der Waals surface area contributed by atoms with Crippen LogP contribution in [0.1, 0.15) is 25.0 Å². The lowest BCUT2D eigenvalue weighted by atomic mass is 10.1. The SMILES string of the molecule is CCc1cccc(C)c1NC(=O)C(C)N(c1ccc2c(c1)OCCO2)S(C)(=O)=O. The van der Waals surface area contributed by atoms with Crippen LogP contribution in [0.15, 0.2) is 36.4 Å². The molecule has 0 aliphatic carbocycles. The molecule has 0 fully saturated rings. The fraction of sp³-hybridized carbons (Fsp3) is 0.381. The molecule has 156 valence electrons. The molecule has 0 spiro atoms. The Balaban J connectivity index is 1.93. The molecule has 8 heteroatoms. The molecule has 0 radical (unpaired) electrons. The van der Waals surface area contributed by atoms with Gasteiger partial charge in [-0.3, -0.25) is 9.10 Å². The van der Waals surface area contributed by atoms with Crippen molar-refractivity contribution >= 4 is 27.3 Å². The van der Waals surface area contributed by atoms with Gasteiger partial charge >= 0.3 is 0 Å². The summed E-state index contributed by atoms with van der Waals surface area (Å²) in [5.41, 5.74) is 2.99. The van der Waals surface area contributed by atoms with Gasteiger partial charge in [-0.15, -0.1) is 0 Å². The maximum Gasteiger partial charge on any atom is 0.248 e. The first kappa shape index (κ1) is 21.0. The van der Waals surface area contributed by atoms with E-state index in [2.05, 4.69) is 5.32 Å². The summed E-state index contributed by atoms with van der Waals surface area (Å²) in [5, 5.41) is 2.91. The van der Waals surface area contributed by atoms with E-state index < -0.39 is 22.0 Å². The number of carbonyl (C=O) groups is 1. The maximum absolute atomic E-state index is 13.0. The van der Waals surface area contributed by atoms with Gasteiger partial charge in [-0.2, -0.15) is 0 Å². The normalized spacial score (nSPS) is 14.2. The minimum absolute atomic E-state index is 0.347. The van der Waals surface area contributed by atoms with Crippen LogP contribution in [0.25, 0.3) is 0 Å². The molecule has 1 aliphatic rings. The highest BCUT2D eigenvalue weighted by molar-refractivity contribution is 7.92. The minimum Gasteiger partial charge on any atom is -0.486 e. The highest BCUT2D eigenvalue weighted by Gasteiger charge is 2.30. The van der Waals surface area contributed by atoms with Crippen LogP contribution in [-0.4, -0.2) is 39.8 Å². The van der Waals surface area contributed by atoms with E-state index >= 15 is 0 Å². The summed E-state index contributed by atoms with van der Waals surface area (Å²) >= 11 is 0. The monoisotopic (exact) mass is 418 g/mol. The number of benzene rings is 2. The van der Waals surface area contributed by atoms with Crippen molar-refractivity contribution in [1.29, 1.82) is 0 Å². The Morgan fingerprint density at radius 1 is 1.17 bits per heavy atom. The van der Waals surface area contributed by atoms with Gasteiger partial charge in [0.25, 0.3) is 0 Å². The first-order valence-corrected chi connectivity index (χ1v) is 11.4. The van der Waals surface area contributed by atoms with Crippen LogP contribution in [-0.2, 0) is 21.2 Å². The number of hydrogen-bond donors (Lipinski definition) is 1. The second kappa shape index (κ2) is 8.32. The van der Waals surface area contributed by atoms with Crippen molar-refractivity contribution in [2.45, 2.75) is 33.2 Å². The van der Waals surface area contributed by atoms with Crippen LogP contribution in [0.4, 0.5) is 11.4 Å². The molecule has 29 heavy (non-hydrogen) atoms. The quantitative estimate of drug-likeness (QED) is 0.779. The number of ether oxygens (including phenoxy) is 2. The first-order valence-electron chi connectivity index (χ1n) is 9.50. The molecule has 0 bridgehead atoms. The predicted molar refractivity (Wildman–Crippen MR) is 113 cm³/mol. The molecule has 2 aromatic rings. The average molecular weight is 419 g/mol. The van der Waals surface area contributed by atoms with Gasteiger partial charge in [-0.1, -0.05) is 25.1 Å². The van der Waals surface area contributed by atoms with Gasteiger partial charge in [0.2, 0.25) is 15.9 Å². The Hall–Kier alpha value is -2.74. The lowest BCUT2D eigenvalue weighted by Gasteiger charge is -2.29. The van der Waals surface area contributed by atoms with Crippen molar-refractivity contribution in [2.24, 2.45) is 0 Å². The maximum atomic E-state index is 13.0. The highest BCUT2D eigenvalue weighted by Crippen LogP contribution is 2.35. The number of amides is 1. The van der Waals surface area contributed by atoms with Gasteiger partial charge in [-0.05, 0) is 43.5 Å². The fourth-order valence-electron chi connectivity index (χ4n) is 3.41. The number of rotatable bonds is 6. The lowest BCUT2D eigenvalue weighted by Crippen LogP contribution is -2.45.